The zero-order valence-electron chi connectivity index (χ0n) is 22.0. The molecule has 2 aliphatic heterocycles. The van der Waals surface area contributed by atoms with E-state index in [-0.39, 0.29) is 11.4 Å². The van der Waals surface area contributed by atoms with E-state index in [1.165, 1.54) is 0 Å². The van der Waals surface area contributed by atoms with Gasteiger partial charge in [0, 0.05) is 40.6 Å². The van der Waals surface area contributed by atoms with Crippen molar-refractivity contribution < 1.29 is 9.63 Å². The van der Waals surface area contributed by atoms with E-state index in [4.69, 9.17) is 16.4 Å². The third-order valence-corrected chi connectivity index (χ3v) is 9.01. The molecule has 6 nitrogen and oxygen atoms in total. The molecule has 3 aromatic rings. The van der Waals surface area contributed by atoms with Gasteiger partial charge < -0.3 is 9.74 Å². The molecule has 2 saturated heterocycles. The monoisotopic (exact) mass is 596 g/mol. The van der Waals surface area contributed by atoms with Crippen LogP contribution >= 0.6 is 27.5 Å². The van der Waals surface area contributed by atoms with Crippen LogP contribution in [-0.4, -0.2) is 64.7 Å². The van der Waals surface area contributed by atoms with Gasteiger partial charge in [0.15, 0.2) is 0 Å². The summed E-state index contributed by atoms with van der Waals surface area (Å²) in [6, 6.07) is 15.8. The van der Waals surface area contributed by atoms with E-state index < -0.39 is 0 Å². The highest BCUT2D eigenvalue weighted by Gasteiger charge is 2.39. The number of para-hydroxylation sites is 1. The third-order valence-electron chi connectivity index (χ3n) is 8.15. The molecule has 2 fully saturated rings. The van der Waals surface area contributed by atoms with E-state index >= 15 is 0 Å². The lowest BCUT2D eigenvalue weighted by Crippen LogP contribution is -2.56. The van der Waals surface area contributed by atoms with Crippen molar-refractivity contribution in [1.82, 2.24) is 14.8 Å². The topological polar surface area (TPSA) is 58.0 Å². The van der Waals surface area contributed by atoms with Crippen LogP contribution in [0.1, 0.15) is 55.5 Å². The Balaban J connectivity index is 1.22. The molecule has 0 N–H and O–H groups in total. The number of benzene rings is 2. The molecule has 0 unspecified atom stereocenters. The summed E-state index contributed by atoms with van der Waals surface area (Å²) in [5.74, 6) is 0.410. The van der Waals surface area contributed by atoms with E-state index in [0.29, 0.717) is 28.6 Å². The average molecular weight is 598 g/mol. The van der Waals surface area contributed by atoms with Crippen LogP contribution in [0.2, 0.25) is 5.02 Å². The van der Waals surface area contributed by atoms with Crippen LogP contribution in [0.15, 0.2) is 64.4 Å². The van der Waals surface area contributed by atoms with Crippen molar-refractivity contribution in [1.29, 1.82) is 0 Å². The Bertz CT molecular complexity index is 1310. The van der Waals surface area contributed by atoms with Crippen molar-refractivity contribution in [2.24, 2.45) is 11.1 Å². The standard InChI is InChI=1S/C30H34BrClN4O2/c1-3-38-34-27(21-7-9-23(31)10-8-21)22-12-17-36(18-13-22)30(2)14-19-35(20-15-30)29(37)25-6-4-5-24-26(32)11-16-33-28(24)25/h4-11,16,22H,3,12-15,17-20H2,1-2H3/b34-27+. The molecule has 2 aliphatic rings. The number of oxime groups is 1. The number of likely N-dealkylation sites (tertiary alicyclic amines) is 2. The maximum atomic E-state index is 13.5. The van der Waals surface area contributed by atoms with Crippen molar-refractivity contribution in [3.63, 3.8) is 0 Å². The van der Waals surface area contributed by atoms with Gasteiger partial charge in [-0.05, 0) is 82.4 Å². The number of carbonyl (C=O) groups excluding carboxylic acids is 1. The highest BCUT2D eigenvalue weighted by Crippen LogP contribution is 2.35. The van der Waals surface area contributed by atoms with Gasteiger partial charge in [-0.2, -0.15) is 0 Å². The fraction of sp³-hybridized carbons (Fsp3) is 0.433. The number of aromatic nitrogens is 1. The van der Waals surface area contributed by atoms with Crippen LogP contribution in [0.3, 0.4) is 0 Å². The van der Waals surface area contributed by atoms with E-state index in [0.717, 1.165) is 73.0 Å². The molecule has 1 amide bonds. The summed E-state index contributed by atoms with van der Waals surface area (Å²) in [4.78, 5) is 28.1. The summed E-state index contributed by atoms with van der Waals surface area (Å²) in [6.07, 6.45) is 5.66. The Labute approximate surface area is 238 Å². The first-order chi connectivity index (χ1) is 18.4. The summed E-state index contributed by atoms with van der Waals surface area (Å²) < 4.78 is 1.06. The highest BCUT2D eigenvalue weighted by molar-refractivity contribution is 9.10. The molecule has 0 spiro atoms. The number of amides is 1. The SMILES string of the molecule is CCO/N=C(\c1ccc(Br)cc1)C1CCN(C2(C)CCN(C(=O)c3cccc4c(Cl)ccnc34)CC2)CC1. The van der Waals surface area contributed by atoms with Gasteiger partial charge in [-0.1, -0.05) is 57.0 Å². The quantitative estimate of drug-likeness (QED) is 0.232. The number of halogens is 2. The number of fused-ring (bicyclic) bond motifs is 1. The van der Waals surface area contributed by atoms with Gasteiger partial charge in [-0.25, -0.2) is 0 Å². The number of hydrogen-bond donors (Lipinski definition) is 0. The number of nitrogens with zero attached hydrogens (tertiary/aromatic N) is 4. The van der Waals surface area contributed by atoms with Crippen molar-refractivity contribution in [2.45, 2.75) is 45.1 Å². The molecule has 1 aromatic heterocycles. The van der Waals surface area contributed by atoms with Gasteiger partial charge in [0.05, 0.1) is 21.8 Å². The number of piperidine rings is 2. The molecular weight excluding hydrogens is 564 g/mol. The van der Waals surface area contributed by atoms with Crippen molar-refractivity contribution in [2.75, 3.05) is 32.8 Å². The summed E-state index contributed by atoms with van der Waals surface area (Å²) in [7, 11) is 0. The second-order valence-corrected chi connectivity index (χ2v) is 11.8. The fourth-order valence-corrected chi connectivity index (χ4v) is 6.28. The second kappa shape index (κ2) is 11.7. The Morgan fingerprint density at radius 2 is 1.82 bits per heavy atom. The van der Waals surface area contributed by atoms with Gasteiger partial charge in [-0.3, -0.25) is 14.7 Å². The predicted molar refractivity (Wildman–Crippen MR) is 157 cm³/mol. The maximum Gasteiger partial charge on any atom is 0.256 e. The molecule has 2 aromatic carbocycles. The number of rotatable bonds is 6. The first kappa shape index (κ1) is 27.1. The zero-order chi connectivity index (χ0) is 26.7. The smallest absolute Gasteiger partial charge is 0.256 e. The molecule has 8 heteroatoms. The molecule has 3 heterocycles. The summed E-state index contributed by atoms with van der Waals surface area (Å²) in [6.45, 7) is 8.40. The van der Waals surface area contributed by atoms with E-state index in [1.807, 2.05) is 30.0 Å². The van der Waals surface area contributed by atoms with Crippen LogP contribution in [0.4, 0.5) is 0 Å². The van der Waals surface area contributed by atoms with Gasteiger partial charge in [-0.15, -0.1) is 0 Å². The Kier molecular flexibility index (Phi) is 8.36. The zero-order valence-corrected chi connectivity index (χ0v) is 24.3. The van der Waals surface area contributed by atoms with Crippen LogP contribution in [0, 0.1) is 5.92 Å². The van der Waals surface area contributed by atoms with Crippen molar-refractivity contribution in [3.8, 4) is 0 Å². The molecule has 38 heavy (non-hydrogen) atoms. The molecule has 0 bridgehead atoms. The summed E-state index contributed by atoms with van der Waals surface area (Å²) in [5.41, 5.74) is 3.56. The molecule has 200 valence electrons. The summed E-state index contributed by atoms with van der Waals surface area (Å²) in [5, 5.41) is 5.97. The van der Waals surface area contributed by atoms with E-state index in [2.05, 4.69) is 62.2 Å². The Hall–Kier alpha value is -2.48. The number of hydrogen-bond acceptors (Lipinski definition) is 5. The third kappa shape index (κ3) is 5.61. The average Bonchev–Trinajstić information content (AvgIpc) is 2.94. The van der Waals surface area contributed by atoms with Crippen LogP contribution in [0.25, 0.3) is 10.9 Å². The lowest BCUT2D eigenvalue weighted by atomic mass is 9.82. The first-order valence-corrected chi connectivity index (χ1v) is 14.6. The lowest BCUT2D eigenvalue weighted by Gasteiger charge is -2.49. The minimum Gasteiger partial charge on any atom is -0.396 e. The van der Waals surface area contributed by atoms with Gasteiger partial charge >= 0.3 is 0 Å². The normalized spacial score (nSPS) is 19.1. The molecular formula is C30H34BrClN4O2. The number of carbonyl (C=O) groups is 1. The van der Waals surface area contributed by atoms with Gasteiger partial charge in [0.1, 0.15) is 6.61 Å². The molecule has 0 aliphatic carbocycles. The predicted octanol–water partition coefficient (Wildman–Crippen LogP) is 6.80. The molecule has 0 atom stereocenters. The minimum absolute atomic E-state index is 0.0393. The second-order valence-electron chi connectivity index (χ2n) is 10.4. The van der Waals surface area contributed by atoms with Crippen LogP contribution < -0.4 is 0 Å². The van der Waals surface area contributed by atoms with Gasteiger partial charge in [0.25, 0.3) is 5.91 Å². The molecule has 0 radical (unpaired) electrons. The molecule has 0 saturated carbocycles. The Morgan fingerprint density at radius 3 is 2.50 bits per heavy atom. The molecule has 5 rings (SSSR count). The van der Waals surface area contributed by atoms with Gasteiger partial charge in [0.2, 0.25) is 0 Å². The first-order valence-electron chi connectivity index (χ1n) is 13.4. The summed E-state index contributed by atoms with van der Waals surface area (Å²) >= 11 is 9.88. The van der Waals surface area contributed by atoms with Crippen molar-refractivity contribution >= 4 is 50.1 Å². The maximum absolute atomic E-state index is 13.5. The van der Waals surface area contributed by atoms with Crippen LogP contribution in [-0.2, 0) is 4.84 Å². The Morgan fingerprint density at radius 1 is 1.11 bits per heavy atom. The fourth-order valence-electron chi connectivity index (χ4n) is 5.80. The van der Waals surface area contributed by atoms with Crippen molar-refractivity contribution in [3.05, 3.63) is 75.4 Å². The van der Waals surface area contributed by atoms with Crippen LogP contribution in [0.5, 0.6) is 0 Å². The van der Waals surface area contributed by atoms with E-state index in [9.17, 15) is 4.79 Å². The largest absolute Gasteiger partial charge is 0.396 e. The minimum atomic E-state index is 0.0393. The highest BCUT2D eigenvalue weighted by atomic mass is 79.9. The van der Waals surface area contributed by atoms with E-state index in [1.54, 1.807) is 12.3 Å². The lowest BCUT2D eigenvalue weighted by molar-refractivity contribution is 0.0162. The number of pyridine rings is 1.